The van der Waals surface area contributed by atoms with E-state index in [1.807, 2.05) is 37.2 Å². The molecule has 0 saturated heterocycles. The van der Waals surface area contributed by atoms with Crippen LogP contribution in [0.3, 0.4) is 0 Å². The van der Waals surface area contributed by atoms with Gasteiger partial charge in [0, 0.05) is 19.3 Å². The highest BCUT2D eigenvalue weighted by atomic mass is 16.2. The summed E-state index contributed by atoms with van der Waals surface area (Å²) in [6, 6.07) is 6.11. The lowest BCUT2D eigenvalue weighted by atomic mass is 10.3. The summed E-state index contributed by atoms with van der Waals surface area (Å²) in [5.74, 6) is 0.117. The van der Waals surface area contributed by atoms with Gasteiger partial charge >= 0.3 is 0 Å². The Bertz CT molecular complexity index is 351. The molecule has 94 valence electrons. The molecule has 1 heterocycles. The van der Waals surface area contributed by atoms with E-state index in [-0.39, 0.29) is 5.91 Å². The van der Waals surface area contributed by atoms with Gasteiger partial charge in [-0.25, -0.2) is 0 Å². The first kappa shape index (κ1) is 13.6. The molecule has 0 atom stereocenters. The zero-order valence-corrected chi connectivity index (χ0v) is 11.1. The topological polar surface area (TPSA) is 36.4 Å². The lowest BCUT2D eigenvalue weighted by Gasteiger charge is -2.24. The molecule has 4 heteroatoms. The van der Waals surface area contributed by atoms with Crippen molar-refractivity contribution in [2.45, 2.75) is 26.4 Å². The van der Waals surface area contributed by atoms with E-state index in [4.69, 9.17) is 0 Å². The van der Waals surface area contributed by atoms with Crippen LogP contribution in [0.25, 0.3) is 0 Å². The third kappa shape index (κ3) is 4.53. The molecule has 0 aromatic carbocycles. The molecular weight excluding hydrogens is 214 g/mol. The minimum absolute atomic E-state index is 0.117. The molecule has 0 spiro atoms. The summed E-state index contributed by atoms with van der Waals surface area (Å²) in [6.45, 7) is 5.16. The Morgan fingerprint density at radius 3 is 2.59 bits per heavy atom. The standard InChI is InChI=1S/C13H21N3O/c1-11(2)15(3)10-13(17)16(4)9-12-7-5-6-8-14-12/h5-8,11H,9-10H2,1-4H3. The number of amides is 1. The van der Waals surface area contributed by atoms with Crippen molar-refractivity contribution in [3.05, 3.63) is 30.1 Å². The number of carbonyl (C=O) groups excluding carboxylic acids is 1. The zero-order chi connectivity index (χ0) is 12.8. The number of nitrogens with zero attached hydrogens (tertiary/aromatic N) is 3. The highest BCUT2D eigenvalue weighted by Crippen LogP contribution is 2.01. The normalized spacial score (nSPS) is 10.9. The Hall–Kier alpha value is -1.42. The van der Waals surface area contributed by atoms with Crippen LogP contribution in [0.15, 0.2) is 24.4 Å². The number of rotatable bonds is 5. The number of hydrogen-bond acceptors (Lipinski definition) is 3. The molecular formula is C13H21N3O. The third-order valence-corrected chi connectivity index (χ3v) is 2.82. The Labute approximate surface area is 103 Å². The van der Waals surface area contributed by atoms with Crippen LogP contribution in [-0.2, 0) is 11.3 Å². The molecule has 17 heavy (non-hydrogen) atoms. The van der Waals surface area contributed by atoms with Crippen LogP contribution in [-0.4, -0.2) is 47.4 Å². The Morgan fingerprint density at radius 1 is 1.35 bits per heavy atom. The van der Waals surface area contributed by atoms with E-state index < -0.39 is 0 Å². The van der Waals surface area contributed by atoms with Crippen molar-refractivity contribution in [1.29, 1.82) is 0 Å². The second-order valence-corrected chi connectivity index (χ2v) is 4.58. The van der Waals surface area contributed by atoms with Crippen LogP contribution >= 0.6 is 0 Å². The van der Waals surface area contributed by atoms with E-state index in [0.717, 1.165) is 5.69 Å². The molecule has 0 unspecified atom stereocenters. The van der Waals surface area contributed by atoms with E-state index in [0.29, 0.717) is 19.1 Å². The summed E-state index contributed by atoms with van der Waals surface area (Å²) in [7, 11) is 3.77. The van der Waals surface area contributed by atoms with Gasteiger partial charge in [0.2, 0.25) is 5.91 Å². The molecule has 1 rings (SSSR count). The molecule has 0 fully saturated rings. The average Bonchev–Trinajstić information content (AvgIpc) is 2.29. The van der Waals surface area contributed by atoms with Gasteiger partial charge in [-0.05, 0) is 33.0 Å². The summed E-state index contributed by atoms with van der Waals surface area (Å²) < 4.78 is 0. The molecule has 1 aromatic heterocycles. The second-order valence-electron chi connectivity index (χ2n) is 4.58. The van der Waals surface area contributed by atoms with Crippen molar-refractivity contribution < 1.29 is 4.79 Å². The van der Waals surface area contributed by atoms with Crippen molar-refractivity contribution in [1.82, 2.24) is 14.8 Å². The summed E-state index contributed by atoms with van der Waals surface area (Å²) in [5, 5.41) is 0. The zero-order valence-electron chi connectivity index (χ0n) is 11.1. The minimum atomic E-state index is 0.117. The largest absolute Gasteiger partial charge is 0.339 e. The number of hydrogen-bond donors (Lipinski definition) is 0. The highest BCUT2D eigenvalue weighted by Gasteiger charge is 2.13. The first-order chi connectivity index (χ1) is 8.00. The van der Waals surface area contributed by atoms with Gasteiger partial charge in [-0.1, -0.05) is 6.07 Å². The molecule has 0 N–H and O–H groups in total. The summed E-state index contributed by atoms with van der Waals surface area (Å²) >= 11 is 0. The van der Waals surface area contributed by atoms with Crippen LogP contribution in [0.2, 0.25) is 0 Å². The van der Waals surface area contributed by atoms with Crippen LogP contribution in [0.5, 0.6) is 0 Å². The fourth-order valence-corrected chi connectivity index (χ4v) is 1.34. The molecule has 0 radical (unpaired) electrons. The lowest BCUT2D eigenvalue weighted by Crippen LogP contribution is -2.39. The molecule has 0 saturated carbocycles. The number of pyridine rings is 1. The predicted molar refractivity (Wildman–Crippen MR) is 68.5 cm³/mol. The number of likely N-dealkylation sites (N-methyl/N-ethyl adjacent to an activating group) is 2. The maximum atomic E-state index is 11.9. The van der Waals surface area contributed by atoms with Crippen molar-refractivity contribution in [3.63, 3.8) is 0 Å². The van der Waals surface area contributed by atoms with Gasteiger partial charge in [0.05, 0.1) is 18.8 Å². The van der Waals surface area contributed by atoms with Crippen molar-refractivity contribution in [3.8, 4) is 0 Å². The van der Waals surface area contributed by atoms with Gasteiger partial charge in [-0.15, -0.1) is 0 Å². The lowest BCUT2D eigenvalue weighted by molar-refractivity contribution is -0.131. The van der Waals surface area contributed by atoms with Crippen LogP contribution < -0.4 is 0 Å². The SMILES string of the molecule is CC(C)N(C)CC(=O)N(C)Cc1ccccn1. The van der Waals surface area contributed by atoms with Crippen LogP contribution in [0.4, 0.5) is 0 Å². The smallest absolute Gasteiger partial charge is 0.236 e. The summed E-state index contributed by atoms with van der Waals surface area (Å²) in [4.78, 5) is 19.9. The van der Waals surface area contributed by atoms with Crippen molar-refractivity contribution >= 4 is 5.91 Å². The van der Waals surface area contributed by atoms with Gasteiger partial charge in [-0.3, -0.25) is 14.7 Å². The minimum Gasteiger partial charge on any atom is -0.339 e. The Kier molecular flexibility index (Phi) is 5.10. The van der Waals surface area contributed by atoms with E-state index in [1.54, 1.807) is 11.1 Å². The first-order valence-corrected chi connectivity index (χ1v) is 5.85. The van der Waals surface area contributed by atoms with Crippen molar-refractivity contribution in [2.75, 3.05) is 20.6 Å². The number of aromatic nitrogens is 1. The van der Waals surface area contributed by atoms with Gasteiger partial charge in [0.15, 0.2) is 0 Å². The number of carbonyl (C=O) groups is 1. The molecule has 0 aliphatic rings. The molecule has 1 aromatic rings. The van der Waals surface area contributed by atoms with Crippen LogP contribution in [0, 0.1) is 0 Å². The Morgan fingerprint density at radius 2 is 2.06 bits per heavy atom. The van der Waals surface area contributed by atoms with Gasteiger partial charge in [0.1, 0.15) is 0 Å². The first-order valence-electron chi connectivity index (χ1n) is 5.85. The average molecular weight is 235 g/mol. The molecule has 0 bridgehead atoms. The molecule has 1 amide bonds. The van der Waals surface area contributed by atoms with Crippen LogP contribution in [0.1, 0.15) is 19.5 Å². The fraction of sp³-hybridized carbons (Fsp3) is 0.538. The van der Waals surface area contributed by atoms with Gasteiger partial charge < -0.3 is 4.90 Å². The molecule has 4 nitrogen and oxygen atoms in total. The van der Waals surface area contributed by atoms with Crippen molar-refractivity contribution in [2.24, 2.45) is 0 Å². The quantitative estimate of drug-likeness (QED) is 0.773. The maximum absolute atomic E-state index is 11.9. The Balaban J connectivity index is 2.48. The third-order valence-electron chi connectivity index (χ3n) is 2.82. The van der Waals surface area contributed by atoms with E-state index >= 15 is 0 Å². The monoisotopic (exact) mass is 235 g/mol. The van der Waals surface area contributed by atoms with E-state index in [2.05, 4.69) is 18.8 Å². The highest BCUT2D eigenvalue weighted by molar-refractivity contribution is 5.77. The fourth-order valence-electron chi connectivity index (χ4n) is 1.34. The maximum Gasteiger partial charge on any atom is 0.236 e. The predicted octanol–water partition coefficient (Wildman–Crippen LogP) is 1.38. The van der Waals surface area contributed by atoms with E-state index in [9.17, 15) is 4.79 Å². The molecule has 0 aliphatic heterocycles. The molecule has 0 aliphatic carbocycles. The van der Waals surface area contributed by atoms with E-state index in [1.165, 1.54) is 0 Å². The summed E-state index contributed by atoms with van der Waals surface area (Å²) in [6.07, 6.45) is 1.74. The van der Waals surface area contributed by atoms with Gasteiger partial charge in [-0.2, -0.15) is 0 Å². The second kappa shape index (κ2) is 6.35. The van der Waals surface area contributed by atoms with Gasteiger partial charge in [0.25, 0.3) is 0 Å². The summed E-state index contributed by atoms with van der Waals surface area (Å²) in [5.41, 5.74) is 0.913.